The van der Waals surface area contributed by atoms with E-state index in [0.29, 0.717) is 30.1 Å². The average molecular weight is 285 g/mol. The molecular weight excluding hydrogens is 266 g/mol. The van der Waals surface area contributed by atoms with Gasteiger partial charge in [0.2, 0.25) is 0 Å². The molecule has 1 unspecified atom stereocenters. The lowest BCUT2D eigenvalue weighted by atomic mass is 10.1. The second-order valence-electron chi connectivity index (χ2n) is 4.79. The van der Waals surface area contributed by atoms with Gasteiger partial charge in [0.15, 0.2) is 5.16 Å². The van der Waals surface area contributed by atoms with Crippen molar-refractivity contribution in [2.24, 2.45) is 5.92 Å². The molecule has 0 amide bonds. The van der Waals surface area contributed by atoms with Gasteiger partial charge in [-0.05, 0) is 18.8 Å². The molecule has 19 heavy (non-hydrogen) atoms. The molecule has 0 aromatic carbocycles. The predicted octanol–water partition coefficient (Wildman–Crippen LogP) is 1.61. The number of aromatic nitrogens is 3. The maximum Gasteiger partial charge on any atom is 0.313 e. The largest absolute Gasteiger partial charge is 0.481 e. The molecule has 6 nitrogen and oxygen atoms in total. The first kappa shape index (κ1) is 14.3. The van der Waals surface area contributed by atoms with Crippen molar-refractivity contribution in [3.63, 3.8) is 0 Å². The van der Waals surface area contributed by atoms with Gasteiger partial charge >= 0.3 is 5.97 Å². The van der Waals surface area contributed by atoms with Crippen molar-refractivity contribution >= 4 is 17.7 Å². The Kier molecular flexibility index (Phi) is 4.81. The molecule has 7 heteroatoms. The van der Waals surface area contributed by atoms with Gasteiger partial charge in [0, 0.05) is 19.6 Å². The van der Waals surface area contributed by atoms with Crippen LogP contribution in [0.3, 0.4) is 0 Å². The van der Waals surface area contributed by atoms with E-state index in [2.05, 4.69) is 17.1 Å². The number of rotatable bonds is 8. The minimum Gasteiger partial charge on any atom is -0.481 e. The number of ether oxygens (including phenoxy) is 1. The summed E-state index contributed by atoms with van der Waals surface area (Å²) in [4.78, 5) is 10.7. The summed E-state index contributed by atoms with van der Waals surface area (Å²) >= 11 is 1.21. The third-order valence-electron chi connectivity index (χ3n) is 3.33. The van der Waals surface area contributed by atoms with Gasteiger partial charge < -0.3 is 14.4 Å². The van der Waals surface area contributed by atoms with Crippen molar-refractivity contribution in [3.05, 3.63) is 5.82 Å². The normalized spacial score (nSPS) is 16.5. The Morgan fingerprint density at radius 1 is 1.58 bits per heavy atom. The van der Waals surface area contributed by atoms with Crippen molar-refractivity contribution < 1.29 is 14.6 Å². The number of carboxylic acid groups (broad SMARTS) is 1. The number of aliphatic carboxylic acids is 1. The van der Waals surface area contributed by atoms with E-state index in [1.165, 1.54) is 24.6 Å². The third kappa shape index (κ3) is 3.70. The van der Waals surface area contributed by atoms with E-state index in [0.717, 1.165) is 5.82 Å². The van der Waals surface area contributed by atoms with Crippen LogP contribution in [0.1, 0.15) is 31.5 Å². The molecule has 0 radical (unpaired) electrons. The van der Waals surface area contributed by atoms with Crippen LogP contribution in [0.5, 0.6) is 0 Å². The van der Waals surface area contributed by atoms with E-state index in [4.69, 9.17) is 9.84 Å². The Labute approximate surface area is 116 Å². The van der Waals surface area contributed by atoms with Gasteiger partial charge in [0.25, 0.3) is 0 Å². The fourth-order valence-corrected chi connectivity index (χ4v) is 2.76. The molecule has 1 atom stereocenters. The van der Waals surface area contributed by atoms with Gasteiger partial charge in [-0.3, -0.25) is 4.79 Å². The lowest BCUT2D eigenvalue weighted by Gasteiger charge is -2.13. The van der Waals surface area contributed by atoms with Gasteiger partial charge in [-0.25, -0.2) is 0 Å². The Morgan fingerprint density at radius 2 is 2.32 bits per heavy atom. The molecule has 1 N–H and O–H groups in total. The van der Waals surface area contributed by atoms with Crippen LogP contribution in [0.2, 0.25) is 0 Å². The minimum absolute atomic E-state index is 0.00290. The highest BCUT2D eigenvalue weighted by Crippen LogP contribution is 2.42. The van der Waals surface area contributed by atoms with Gasteiger partial charge in [0.05, 0.1) is 12.4 Å². The van der Waals surface area contributed by atoms with Gasteiger partial charge in [-0.15, -0.1) is 10.2 Å². The molecule has 0 saturated heterocycles. The van der Waals surface area contributed by atoms with Gasteiger partial charge in [0.1, 0.15) is 5.82 Å². The van der Waals surface area contributed by atoms with Gasteiger partial charge in [-0.2, -0.15) is 0 Å². The Balaban J connectivity index is 2.14. The quantitative estimate of drug-likeness (QED) is 0.731. The Hall–Kier alpha value is -1.08. The fraction of sp³-hybridized carbons (Fsp3) is 0.750. The topological polar surface area (TPSA) is 77.2 Å². The molecule has 1 saturated carbocycles. The molecule has 1 aromatic heterocycles. The first-order valence-corrected chi connectivity index (χ1v) is 7.38. The average Bonchev–Trinajstić information content (AvgIpc) is 3.14. The number of thioether (sulfide) groups is 1. The summed E-state index contributed by atoms with van der Waals surface area (Å²) in [5, 5.41) is 17.8. The highest BCUT2D eigenvalue weighted by Gasteiger charge is 2.32. The summed E-state index contributed by atoms with van der Waals surface area (Å²) in [6.45, 7) is 3.40. The molecule has 0 spiro atoms. The Bertz CT molecular complexity index is 445. The number of nitrogens with zero attached hydrogens (tertiary/aromatic N) is 3. The van der Waals surface area contributed by atoms with Crippen molar-refractivity contribution in [2.75, 3.05) is 19.5 Å². The van der Waals surface area contributed by atoms with E-state index in [-0.39, 0.29) is 5.75 Å². The lowest BCUT2D eigenvalue weighted by Crippen LogP contribution is -2.13. The van der Waals surface area contributed by atoms with Crippen LogP contribution in [-0.2, 0) is 16.1 Å². The molecule has 2 rings (SSSR count). The van der Waals surface area contributed by atoms with Crippen LogP contribution in [0.25, 0.3) is 0 Å². The molecule has 1 heterocycles. The summed E-state index contributed by atoms with van der Waals surface area (Å²) in [6.07, 6.45) is 2.49. The fourth-order valence-electron chi connectivity index (χ4n) is 2.07. The number of carboxylic acids is 1. The number of carbonyl (C=O) groups is 1. The molecular formula is C12H19N3O3S. The number of hydrogen-bond donors (Lipinski definition) is 1. The SMILES string of the molecule is COCCn1c(SCC(=O)O)nnc1C(C)C1CC1. The molecule has 1 aliphatic rings. The van der Waals surface area contributed by atoms with Crippen LogP contribution in [-0.4, -0.2) is 45.3 Å². The lowest BCUT2D eigenvalue weighted by molar-refractivity contribution is -0.133. The van der Waals surface area contributed by atoms with E-state index >= 15 is 0 Å². The van der Waals surface area contributed by atoms with Crippen LogP contribution >= 0.6 is 11.8 Å². The maximum absolute atomic E-state index is 10.7. The summed E-state index contributed by atoms with van der Waals surface area (Å²) in [5.74, 6) is 1.19. The molecule has 1 aliphatic carbocycles. The van der Waals surface area contributed by atoms with Crippen molar-refractivity contribution in [3.8, 4) is 0 Å². The third-order valence-corrected chi connectivity index (χ3v) is 4.28. The Morgan fingerprint density at radius 3 is 2.89 bits per heavy atom. The van der Waals surface area contributed by atoms with Crippen molar-refractivity contribution in [2.45, 2.75) is 37.4 Å². The first-order chi connectivity index (χ1) is 9.13. The molecule has 106 valence electrons. The summed E-state index contributed by atoms with van der Waals surface area (Å²) in [5.41, 5.74) is 0. The van der Waals surface area contributed by atoms with Crippen LogP contribution in [0.15, 0.2) is 5.16 Å². The van der Waals surface area contributed by atoms with Crippen molar-refractivity contribution in [1.29, 1.82) is 0 Å². The standard InChI is InChI=1S/C12H19N3O3S/c1-8(9-3-4-9)11-13-14-12(19-7-10(16)17)15(11)5-6-18-2/h8-9H,3-7H2,1-2H3,(H,16,17). The van der Waals surface area contributed by atoms with Crippen LogP contribution in [0, 0.1) is 5.92 Å². The second-order valence-corrected chi connectivity index (χ2v) is 5.74. The minimum atomic E-state index is -0.844. The van der Waals surface area contributed by atoms with E-state index in [9.17, 15) is 4.79 Å². The number of hydrogen-bond acceptors (Lipinski definition) is 5. The summed E-state index contributed by atoms with van der Waals surface area (Å²) in [7, 11) is 1.65. The maximum atomic E-state index is 10.7. The van der Waals surface area contributed by atoms with Gasteiger partial charge in [-0.1, -0.05) is 18.7 Å². The zero-order chi connectivity index (χ0) is 13.8. The molecule has 0 bridgehead atoms. The highest BCUT2D eigenvalue weighted by molar-refractivity contribution is 7.99. The summed E-state index contributed by atoms with van der Waals surface area (Å²) in [6, 6.07) is 0. The zero-order valence-corrected chi connectivity index (χ0v) is 12.0. The van der Waals surface area contributed by atoms with E-state index in [1.54, 1.807) is 7.11 Å². The highest BCUT2D eigenvalue weighted by atomic mass is 32.2. The number of methoxy groups -OCH3 is 1. The molecule has 1 aromatic rings. The smallest absolute Gasteiger partial charge is 0.313 e. The summed E-state index contributed by atoms with van der Waals surface area (Å²) < 4.78 is 7.10. The van der Waals surface area contributed by atoms with Crippen LogP contribution < -0.4 is 0 Å². The van der Waals surface area contributed by atoms with E-state index < -0.39 is 5.97 Å². The first-order valence-electron chi connectivity index (χ1n) is 6.40. The van der Waals surface area contributed by atoms with E-state index in [1.807, 2.05) is 4.57 Å². The van der Waals surface area contributed by atoms with Crippen LogP contribution in [0.4, 0.5) is 0 Å². The zero-order valence-electron chi connectivity index (χ0n) is 11.2. The molecule has 1 fully saturated rings. The monoisotopic (exact) mass is 285 g/mol. The predicted molar refractivity (Wildman–Crippen MR) is 71.4 cm³/mol. The second kappa shape index (κ2) is 6.38. The molecule has 0 aliphatic heterocycles. The van der Waals surface area contributed by atoms with Crippen molar-refractivity contribution in [1.82, 2.24) is 14.8 Å².